The summed E-state index contributed by atoms with van der Waals surface area (Å²) in [4.78, 5) is 24.4. The minimum Gasteiger partial charge on any atom is -0.378 e. The van der Waals surface area contributed by atoms with E-state index in [1.165, 1.54) is 0 Å². The third-order valence-electron chi connectivity index (χ3n) is 5.51. The van der Waals surface area contributed by atoms with Gasteiger partial charge < -0.3 is 19.9 Å². The Morgan fingerprint density at radius 1 is 1.12 bits per heavy atom. The number of hydrogen-bond acceptors (Lipinski definition) is 8. The summed E-state index contributed by atoms with van der Waals surface area (Å²) in [6, 6.07) is 7.98. The number of aryl methyl sites for hydroxylation is 1. The van der Waals surface area contributed by atoms with E-state index in [2.05, 4.69) is 30.3 Å². The van der Waals surface area contributed by atoms with Gasteiger partial charge in [-0.1, -0.05) is 12.1 Å². The van der Waals surface area contributed by atoms with Gasteiger partial charge in [0.2, 0.25) is 5.95 Å². The van der Waals surface area contributed by atoms with E-state index in [1.807, 2.05) is 42.1 Å². The number of nitrogens with one attached hydrogen (secondary N) is 2. The molecule has 0 saturated carbocycles. The lowest BCUT2D eigenvalue weighted by molar-refractivity contribution is 0.122. The molecule has 5 aromatic rings. The monoisotopic (exact) mass is 430 g/mol. The lowest BCUT2D eigenvalue weighted by Gasteiger charge is -2.27. The van der Waals surface area contributed by atoms with Crippen LogP contribution in [0.1, 0.15) is 5.82 Å². The Hall–Kier alpha value is -3.99. The van der Waals surface area contributed by atoms with Crippen molar-refractivity contribution >= 4 is 34.0 Å². The number of aromatic nitrogens is 8. The smallest absolute Gasteiger partial charge is 0.229 e. The number of rotatable bonds is 5. The molecule has 6 rings (SSSR count). The summed E-state index contributed by atoms with van der Waals surface area (Å²) in [5, 5.41) is 7.70. The van der Waals surface area contributed by atoms with Crippen molar-refractivity contribution in [3.63, 3.8) is 0 Å². The summed E-state index contributed by atoms with van der Waals surface area (Å²) >= 11 is 0. The first kappa shape index (κ1) is 18.8. The largest absolute Gasteiger partial charge is 0.378 e. The highest BCUT2D eigenvalue weighted by Crippen LogP contribution is 2.25. The lowest BCUT2D eigenvalue weighted by atomic mass is 10.3. The van der Waals surface area contributed by atoms with Crippen LogP contribution in [-0.2, 0) is 18.3 Å². The molecule has 5 heterocycles. The number of ether oxygens (including phenoxy) is 1. The topological polar surface area (TPSA) is 115 Å². The van der Waals surface area contributed by atoms with E-state index in [4.69, 9.17) is 14.7 Å². The summed E-state index contributed by atoms with van der Waals surface area (Å²) in [7, 11) is 1.89. The van der Waals surface area contributed by atoms with Crippen molar-refractivity contribution in [2.75, 3.05) is 36.5 Å². The van der Waals surface area contributed by atoms with Crippen molar-refractivity contribution < 1.29 is 4.74 Å². The number of imidazole rings is 2. The van der Waals surface area contributed by atoms with E-state index in [9.17, 15) is 0 Å². The fourth-order valence-corrected chi connectivity index (χ4v) is 3.90. The van der Waals surface area contributed by atoms with Crippen LogP contribution < -0.4 is 10.2 Å². The van der Waals surface area contributed by atoms with Gasteiger partial charge in [0.25, 0.3) is 0 Å². The second-order valence-electron chi connectivity index (χ2n) is 7.68. The van der Waals surface area contributed by atoms with Crippen molar-refractivity contribution in [3.05, 3.63) is 48.8 Å². The Morgan fingerprint density at radius 3 is 2.81 bits per heavy atom. The molecule has 0 atom stereocenters. The van der Waals surface area contributed by atoms with Gasteiger partial charge in [0.05, 0.1) is 42.7 Å². The Balaban J connectivity index is 1.40. The maximum absolute atomic E-state index is 5.50. The maximum Gasteiger partial charge on any atom is 0.229 e. The van der Waals surface area contributed by atoms with Gasteiger partial charge in [-0.15, -0.1) is 0 Å². The maximum atomic E-state index is 5.50. The molecule has 0 amide bonds. The number of benzene rings is 1. The zero-order valence-electron chi connectivity index (χ0n) is 17.6. The van der Waals surface area contributed by atoms with Crippen LogP contribution in [0.25, 0.3) is 27.9 Å². The third-order valence-corrected chi connectivity index (χ3v) is 5.51. The van der Waals surface area contributed by atoms with Crippen LogP contribution >= 0.6 is 0 Å². The van der Waals surface area contributed by atoms with Crippen LogP contribution in [0.15, 0.2) is 43.0 Å². The van der Waals surface area contributed by atoms with Crippen molar-refractivity contribution in [1.29, 1.82) is 0 Å². The first-order valence-electron chi connectivity index (χ1n) is 10.5. The van der Waals surface area contributed by atoms with Crippen LogP contribution in [0.2, 0.25) is 0 Å². The van der Waals surface area contributed by atoms with Gasteiger partial charge in [-0.25, -0.2) is 9.97 Å². The first-order valence-corrected chi connectivity index (χ1v) is 10.5. The molecule has 0 bridgehead atoms. The highest BCUT2D eigenvalue weighted by atomic mass is 16.5. The summed E-state index contributed by atoms with van der Waals surface area (Å²) in [6.45, 7) is 3.30. The van der Waals surface area contributed by atoms with E-state index < -0.39 is 0 Å². The summed E-state index contributed by atoms with van der Waals surface area (Å²) in [5.74, 6) is 2.15. The Labute approximate surface area is 183 Å². The van der Waals surface area contributed by atoms with E-state index in [-0.39, 0.29) is 0 Å². The molecule has 11 heteroatoms. The molecule has 4 aromatic heterocycles. The summed E-state index contributed by atoms with van der Waals surface area (Å²) in [6.07, 6.45) is 5.48. The molecule has 1 saturated heterocycles. The van der Waals surface area contributed by atoms with Crippen LogP contribution in [-0.4, -0.2) is 65.6 Å². The number of para-hydroxylation sites is 2. The van der Waals surface area contributed by atoms with Gasteiger partial charge >= 0.3 is 0 Å². The number of hydrogen-bond donors (Lipinski definition) is 2. The molecule has 11 nitrogen and oxygen atoms in total. The fraction of sp³-hybridized carbons (Fsp3) is 0.286. The highest BCUT2D eigenvalue weighted by Gasteiger charge is 2.20. The number of fused-ring (bicyclic) bond motifs is 2. The SMILES string of the molecule is Cn1cc(-n2cnc3c(NCc4nc5ccccc5[nH]4)nc(N4CCOCC4)nc32)cn1. The lowest BCUT2D eigenvalue weighted by Crippen LogP contribution is -2.37. The molecule has 0 aliphatic carbocycles. The predicted octanol–water partition coefficient (Wildman–Crippen LogP) is 1.87. The standard InChI is InChI=1S/C21H22N10O/c1-29-12-14(10-24-29)31-13-23-18-19(22-11-17-25-15-4-2-3-5-16(15)26-17)27-21(28-20(18)31)30-6-8-32-9-7-30/h2-5,10,12-13H,6-9,11H2,1H3,(H,25,26)(H,22,27,28). The van der Waals surface area contributed by atoms with Crippen LogP contribution in [0.3, 0.4) is 0 Å². The zero-order chi connectivity index (χ0) is 21.5. The van der Waals surface area contributed by atoms with Crippen molar-refractivity contribution in [2.24, 2.45) is 7.05 Å². The molecule has 1 aromatic carbocycles. The van der Waals surface area contributed by atoms with Gasteiger partial charge in [0, 0.05) is 26.3 Å². The highest BCUT2D eigenvalue weighted by molar-refractivity contribution is 5.85. The van der Waals surface area contributed by atoms with Gasteiger partial charge in [-0.3, -0.25) is 9.25 Å². The average molecular weight is 430 g/mol. The Bertz CT molecular complexity index is 1360. The zero-order valence-corrected chi connectivity index (χ0v) is 17.6. The normalized spacial score (nSPS) is 14.5. The molecule has 2 N–H and O–H groups in total. The average Bonchev–Trinajstić information content (AvgIpc) is 3.55. The van der Waals surface area contributed by atoms with Gasteiger partial charge in [-0.05, 0) is 12.1 Å². The third kappa shape index (κ3) is 3.32. The van der Waals surface area contributed by atoms with Crippen LogP contribution in [0.4, 0.5) is 11.8 Å². The Morgan fingerprint density at radius 2 is 2.00 bits per heavy atom. The number of H-pyrrole nitrogens is 1. The number of aromatic amines is 1. The quantitative estimate of drug-likeness (QED) is 0.434. The molecule has 162 valence electrons. The molecule has 32 heavy (non-hydrogen) atoms. The van der Waals surface area contributed by atoms with E-state index >= 15 is 0 Å². The first-order chi connectivity index (χ1) is 15.7. The second kappa shape index (κ2) is 7.61. The van der Waals surface area contributed by atoms with Crippen molar-refractivity contribution in [1.82, 2.24) is 39.3 Å². The molecule has 1 fully saturated rings. The van der Waals surface area contributed by atoms with Crippen LogP contribution in [0, 0.1) is 0 Å². The van der Waals surface area contributed by atoms with Gasteiger partial charge in [0.15, 0.2) is 17.0 Å². The fourth-order valence-electron chi connectivity index (χ4n) is 3.90. The van der Waals surface area contributed by atoms with Crippen molar-refractivity contribution in [2.45, 2.75) is 6.54 Å². The minimum atomic E-state index is 0.489. The summed E-state index contributed by atoms with van der Waals surface area (Å²) < 4.78 is 9.19. The van der Waals surface area contributed by atoms with E-state index in [0.717, 1.165) is 41.3 Å². The van der Waals surface area contributed by atoms with Gasteiger partial charge in [0.1, 0.15) is 12.2 Å². The van der Waals surface area contributed by atoms with Gasteiger partial charge in [-0.2, -0.15) is 15.1 Å². The summed E-state index contributed by atoms with van der Waals surface area (Å²) in [5.41, 5.74) is 4.26. The number of morpholine rings is 1. The van der Waals surface area contributed by atoms with E-state index in [0.29, 0.717) is 37.0 Å². The molecule has 0 unspecified atom stereocenters. The predicted molar refractivity (Wildman–Crippen MR) is 120 cm³/mol. The van der Waals surface area contributed by atoms with Crippen LogP contribution in [0.5, 0.6) is 0 Å². The molecule has 1 aliphatic heterocycles. The van der Waals surface area contributed by atoms with E-state index in [1.54, 1.807) is 17.2 Å². The Kier molecular flexibility index (Phi) is 4.46. The molecular weight excluding hydrogens is 408 g/mol. The minimum absolute atomic E-state index is 0.489. The second-order valence-corrected chi connectivity index (χ2v) is 7.68. The number of anilines is 2. The van der Waals surface area contributed by atoms with Crippen molar-refractivity contribution in [3.8, 4) is 5.69 Å². The molecule has 1 aliphatic rings. The number of nitrogens with zero attached hydrogens (tertiary/aromatic N) is 8. The molecular formula is C21H22N10O. The molecule has 0 radical (unpaired) electrons. The molecule has 0 spiro atoms.